The lowest BCUT2D eigenvalue weighted by atomic mass is 10.1. The molecule has 0 amide bonds. The summed E-state index contributed by atoms with van der Waals surface area (Å²) in [7, 11) is -1.60. The molecule has 196 valence electrons. The Morgan fingerprint density at radius 1 is 1.26 bits per heavy atom. The van der Waals surface area contributed by atoms with E-state index in [1.54, 1.807) is 0 Å². The molecule has 1 saturated heterocycles. The molecule has 1 aliphatic heterocycles. The zero-order valence-electron chi connectivity index (χ0n) is 19.8. The Balaban J connectivity index is 2.47. The Morgan fingerprint density at radius 2 is 1.97 bits per heavy atom. The van der Waals surface area contributed by atoms with Crippen LogP contribution in [-0.2, 0) is 36.9 Å². The van der Waals surface area contributed by atoms with Gasteiger partial charge in [0.2, 0.25) is 0 Å². The number of aromatic amines is 1. The van der Waals surface area contributed by atoms with Crippen LogP contribution in [-0.4, -0.2) is 69.0 Å². The zero-order chi connectivity index (χ0) is 26.0. The monoisotopic (exact) mass is 536 g/mol. The number of nitrogens with zero attached hydrogens (tertiary/aromatic N) is 2. The van der Waals surface area contributed by atoms with Gasteiger partial charge in [-0.2, -0.15) is 5.26 Å². The molecule has 2 heterocycles. The van der Waals surface area contributed by atoms with E-state index in [0.29, 0.717) is 0 Å². The number of H-pyrrole nitrogens is 1. The number of hydrogen-bond acceptors (Lipinski definition) is 12. The molecule has 5 atom stereocenters. The number of hydrogen-bond donors (Lipinski definition) is 2. The number of nitrogens with two attached hydrogens (primary N) is 1. The van der Waals surface area contributed by atoms with E-state index in [1.165, 1.54) is 50.9 Å². The summed E-state index contributed by atoms with van der Waals surface area (Å²) in [4.78, 5) is 26.7. The molecule has 3 N–H and O–H groups in total. The third kappa shape index (κ3) is 8.13. The molecule has 1 aromatic rings. The third-order valence-electron chi connectivity index (χ3n) is 4.87. The molecule has 1 unspecified atom stereocenters. The molecule has 0 aromatic carbocycles. The van der Waals surface area contributed by atoms with E-state index in [4.69, 9.17) is 43.1 Å². The summed E-state index contributed by atoms with van der Waals surface area (Å²) in [6.45, 7) is 1.92. The number of nitrogens with one attached hydrogen (secondary N) is 1. The van der Waals surface area contributed by atoms with Crippen molar-refractivity contribution in [2.75, 3.05) is 41.2 Å². The lowest BCUT2D eigenvalue weighted by molar-refractivity contribution is -0.0759. The van der Waals surface area contributed by atoms with Crippen LogP contribution in [0.1, 0.15) is 18.2 Å². The van der Waals surface area contributed by atoms with Crippen LogP contribution in [0.15, 0.2) is 27.7 Å². The van der Waals surface area contributed by atoms with Gasteiger partial charge in [-0.1, -0.05) is 0 Å². The average Bonchev–Trinajstić information content (AvgIpc) is 3.17. The summed E-state index contributed by atoms with van der Waals surface area (Å²) in [6, 6.07) is 1.94. The van der Waals surface area contributed by atoms with E-state index in [-0.39, 0.29) is 31.8 Å². The van der Waals surface area contributed by atoms with Crippen molar-refractivity contribution >= 4 is 16.1 Å². The number of nitriles is 1. The van der Waals surface area contributed by atoms with Crippen LogP contribution >= 0.6 is 16.1 Å². The first-order valence-corrected chi connectivity index (χ1v) is 13.3. The lowest BCUT2D eigenvalue weighted by Crippen LogP contribution is -2.41. The number of rotatable bonds is 14. The molecule has 0 bridgehead atoms. The average molecular weight is 536 g/mol. The first-order chi connectivity index (χ1) is 16.7. The van der Waals surface area contributed by atoms with Crippen molar-refractivity contribution in [1.29, 1.82) is 5.26 Å². The van der Waals surface area contributed by atoms with Crippen molar-refractivity contribution in [1.82, 2.24) is 9.55 Å². The highest BCUT2D eigenvalue weighted by Gasteiger charge is 2.48. The normalized spacial score (nSPS) is 23.5. The molecule has 0 aliphatic carbocycles. The number of ether oxygens (including phenoxy) is 3. The van der Waals surface area contributed by atoms with E-state index >= 15 is 0 Å². The Labute approximate surface area is 203 Å². The van der Waals surface area contributed by atoms with Crippen molar-refractivity contribution < 1.29 is 36.9 Å². The van der Waals surface area contributed by atoms with E-state index < -0.39 is 51.9 Å². The molecule has 35 heavy (non-hydrogen) atoms. The van der Waals surface area contributed by atoms with E-state index in [9.17, 15) is 14.2 Å². The summed E-state index contributed by atoms with van der Waals surface area (Å²) in [6.07, 6.45) is -1.05. The molecule has 16 heteroatoms. The van der Waals surface area contributed by atoms with Crippen molar-refractivity contribution in [2.24, 2.45) is 5.50 Å². The first kappa shape index (κ1) is 29.5. The molecular formula is C19H30N4O10P2. The molecule has 1 aromatic heterocycles. The van der Waals surface area contributed by atoms with Gasteiger partial charge in [0.1, 0.15) is 18.3 Å². The van der Waals surface area contributed by atoms with E-state index in [2.05, 4.69) is 4.98 Å². The molecule has 14 nitrogen and oxygen atoms in total. The van der Waals surface area contributed by atoms with Crippen LogP contribution in [0, 0.1) is 18.3 Å². The molecule has 0 spiro atoms. The second kappa shape index (κ2) is 14.1. The third-order valence-corrected chi connectivity index (χ3v) is 7.31. The number of aryl methyl sites for hydroxylation is 1. The maximum absolute atomic E-state index is 12.6. The maximum atomic E-state index is 12.6. The van der Waals surface area contributed by atoms with Crippen molar-refractivity contribution in [2.45, 2.75) is 37.9 Å². The fourth-order valence-corrected chi connectivity index (χ4v) is 4.69. The molecule has 1 fully saturated rings. The van der Waals surface area contributed by atoms with Gasteiger partial charge in [-0.15, -0.1) is 0 Å². The Bertz CT molecular complexity index is 1050. The van der Waals surface area contributed by atoms with Crippen molar-refractivity contribution in [3.8, 4) is 6.07 Å². The first-order valence-electron chi connectivity index (χ1n) is 10.4. The molecule has 2 rings (SSSR count). The second-order valence-electron chi connectivity index (χ2n) is 7.14. The van der Waals surface area contributed by atoms with Gasteiger partial charge in [-0.25, -0.2) is 4.79 Å². The Hall–Kier alpha value is -1.75. The van der Waals surface area contributed by atoms with Gasteiger partial charge in [-0.05, 0) is 13.0 Å². The number of methoxy groups -OCH3 is 1. The fourth-order valence-electron chi connectivity index (χ4n) is 3.10. The molecular weight excluding hydrogens is 506 g/mol. The van der Waals surface area contributed by atoms with Crippen LogP contribution in [0.4, 0.5) is 0 Å². The smallest absolute Gasteiger partial charge is 0.353 e. The highest BCUT2D eigenvalue weighted by Crippen LogP contribution is 2.49. The largest absolute Gasteiger partial charge is 0.382 e. The quantitative estimate of drug-likeness (QED) is 0.257. The lowest BCUT2D eigenvalue weighted by Gasteiger charge is -2.26. The summed E-state index contributed by atoms with van der Waals surface area (Å²) in [5.41, 5.74) is 5.00. The molecule has 0 saturated carbocycles. The predicted octanol–water partition coefficient (Wildman–Crippen LogP) is 1.27. The van der Waals surface area contributed by atoms with Gasteiger partial charge >= 0.3 is 13.3 Å². The van der Waals surface area contributed by atoms with Gasteiger partial charge in [-0.3, -0.25) is 24.4 Å². The highest BCUT2D eigenvalue weighted by atomic mass is 31.2. The van der Waals surface area contributed by atoms with Crippen LogP contribution in [0.2, 0.25) is 0 Å². The number of aromatic nitrogens is 2. The Morgan fingerprint density at radius 3 is 2.60 bits per heavy atom. The van der Waals surface area contributed by atoms with Gasteiger partial charge in [0, 0.05) is 38.9 Å². The van der Waals surface area contributed by atoms with Crippen LogP contribution < -0.4 is 16.8 Å². The van der Waals surface area contributed by atoms with Gasteiger partial charge in [0.05, 0.1) is 32.3 Å². The standard InChI is InChI=1S/C19H30N4O10P2/c1-13-12-23(19(25)22-17(13)24)18-16(30-10-9-27-2)15(33-34(21)31-8-5-7-20)14(32-18)6-11-35(26,28-3)29-4/h6,11-12,14-16,18H,5,8-10,21H2,1-4H3,(H,22,24,25)/b11-6+/t14-,15-,16-,18-,34?/m1/s1. The summed E-state index contributed by atoms with van der Waals surface area (Å²) < 4.78 is 51.9. The van der Waals surface area contributed by atoms with E-state index in [0.717, 1.165) is 0 Å². The topological polar surface area (TPSA) is 186 Å². The zero-order valence-corrected chi connectivity index (χ0v) is 21.6. The maximum Gasteiger partial charge on any atom is 0.353 e. The summed E-state index contributed by atoms with van der Waals surface area (Å²) >= 11 is 0. The summed E-state index contributed by atoms with van der Waals surface area (Å²) in [5.74, 6) is 1.19. The van der Waals surface area contributed by atoms with Crippen LogP contribution in [0.25, 0.3) is 0 Å². The second-order valence-corrected chi connectivity index (χ2v) is 10.3. The minimum atomic E-state index is -3.56. The van der Waals surface area contributed by atoms with Crippen molar-refractivity contribution in [3.63, 3.8) is 0 Å². The van der Waals surface area contributed by atoms with Gasteiger partial charge in [0.15, 0.2) is 6.23 Å². The Kier molecular flexibility index (Phi) is 11.9. The van der Waals surface area contributed by atoms with Crippen LogP contribution in [0.3, 0.4) is 0 Å². The van der Waals surface area contributed by atoms with Crippen molar-refractivity contribution in [3.05, 3.63) is 44.5 Å². The minimum absolute atomic E-state index is 0.0482. The SMILES string of the molecule is COCCO[C@@H]1[C@H](OP(N)OCCC#N)[C@@H](/C=C/P(=O)(OC)OC)O[C@H]1n1cc(C)c(=O)[nH]c1=O. The highest BCUT2D eigenvalue weighted by molar-refractivity contribution is 7.57. The van der Waals surface area contributed by atoms with E-state index in [1.807, 2.05) is 6.07 Å². The molecule has 1 aliphatic rings. The van der Waals surface area contributed by atoms with Gasteiger partial charge in [0.25, 0.3) is 14.1 Å². The molecule has 0 radical (unpaired) electrons. The van der Waals surface area contributed by atoms with Crippen LogP contribution in [0.5, 0.6) is 0 Å². The predicted molar refractivity (Wildman–Crippen MR) is 125 cm³/mol. The fraction of sp³-hybridized carbons (Fsp3) is 0.632. The minimum Gasteiger partial charge on any atom is -0.382 e. The summed E-state index contributed by atoms with van der Waals surface area (Å²) in [5, 5.41) is 8.72. The van der Waals surface area contributed by atoms with Gasteiger partial charge < -0.3 is 32.3 Å².